The van der Waals surface area contributed by atoms with E-state index in [0.29, 0.717) is 40.2 Å². The molecule has 39 heavy (non-hydrogen) atoms. The van der Waals surface area contributed by atoms with Crippen molar-refractivity contribution in [3.05, 3.63) is 76.8 Å². The predicted octanol–water partition coefficient (Wildman–Crippen LogP) is 6.06. The number of methoxy groups -OCH3 is 1. The summed E-state index contributed by atoms with van der Waals surface area (Å²) in [4.78, 5) is 22.6. The van der Waals surface area contributed by atoms with Crippen LogP contribution in [0.15, 0.2) is 65.6 Å². The van der Waals surface area contributed by atoms with Gasteiger partial charge in [-0.2, -0.15) is 0 Å². The highest BCUT2D eigenvalue weighted by Gasteiger charge is 2.23. The maximum absolute atomic E-state index is 13.7. The van der Waals surface area contributed by atoms with E-state index >= 15 is 0 Å². The fraction of sp³-hybridized carbons (Fsp3) is 0.286. The Morgan fingerprint density at radius 3 is 2.31 bits per heavy atom. The average Bonchev–Trinajstić information content (AvgIpc) is 3.35. The Balaban J connectivity index is 1.59. The molecule has 0 unspecified atom stereocenters. The molecule has 0 atom stereocenters. The first-order chi connectivity index (χ1) is 18.6. The summed E-state index contributed by atoms with van der Waals surface area (Å²) in [7, 11) is -2.29. The van der Waals surface area contributed by atoms with Crippen molar-refractivity contribution in [1.82, 2.24) is 9.88 Å². The molecule has 4 rings (SSSR count). The summed E-state index contributed by atoms with van der Waals surface area (Å²) in [6.45, 7) is 9.01. The van der Waals surface area contributed by atoms with Gasteiger partial charge in [0.05, 0.1) is 22.2 Å². The lowest BCUT2D eigenvalue weighted by atomic mass is 10.2. The molecule has 4 aromatic rings. The van der Waals surface area contributed by atoms with Crippen LogP contribution in [0.1, 0.15) is 29.8 Å². The number of hydrogen-bond acceptors (Lipinski definition) is 7. The second-order valence-electron chi connectivity index (χ2n) is 8.91. The summed E-state index contributed by atoms with van der Waals surface area (Å²) >= 11 is 7.69. The van der Waals surface area contributed by atoms with Crippen LogP contribution in [0, 0.1) is 6.92 Å². The van der Waals surface area contributed by atoms with Gasteiger partial charge in [0.2, 0.25) is 0 Å². The summed E-state index contributed by atoms with van der Waals surface area (Å²) in [5.41, 5.74) is 2.55. The molecule has 0 aliphatic rings. The van der Waals surface area contributed by atoms with E-state index in [1.807, 2.05) is 19.1 Å². The van der Waals surface area contributed by atoms with Crippen molar-refractivity contribution in [2.45, 2.75) is 25.7 Å². The number of sulfonamides is 1. The van der Waals surface area contributed by atoms with Crippen molar-refractivity contribution in [1.29, 1.82) is 0 Å². The monoisotopic (exact) mass is 586 g/mol. The molecule has 206 valence electrons. The van der Waals surface area contributed by atoms with E-state index < -0.39 is 10.0 Å². The van der Waals surface area contributed by atoms with Gasteiger partial charge in [-0.15, -0.1) is 0 Å². The molecule has 0 bridgehead atoms. The van der Waals surface area contributed by atoms with Crippen molar-refractivity contribution in [2.75, 3.05) is 42.9 Å². The molecule has 0 fully saturated rings. The van der Waals surface area contributed by atoms with Gasteiger partial charge in [-0.1, -0.05) is 36.8 Å². The number of benzene rings is 3. The molecule has 0 radical (unpaired) electrons. The first kappa shape index (κ1) is 28.8. The van der Waals surface area contributed by atoms with E-state index in [4.69, 9.17) is 21.3 Å². The van der Waals surface area contributed by atoms with Gasteiger partial charge in [0.1, 0.15) is 5.75 Å². The molecule has 0 saturated heterocycles. The Morgan fingerprint density at radius 2 is 1.69 bits per heavy atom. The number of ether oxygens (including phenoxy) is 1. The molecular formula is C28H31ClN4O4S2. The van der Waals surface area contributed by atoms with Crippen LogP contribution in [0.25, 0.3) is 10.2 Å². The predicted molar refractivity (Wildman–Crippen MR) is 159 cm³/mol. The smallest absolute Gasteiger partial charge is 0.261 e. The van der Waals surface area contributed by atoms with Gasteiger partial charge in [-0.3, -0.25) is 14.4 Å². The Morgan fingerprint density at radius 1 is 1.03 bits per heavy atom. The molecule has 0 saturated carbocycles. The lowest BCUT2D eigenvalue weighted by molar-refractivity contribution is 0.0984. The maximum atomic E-state index is 13.7. The highest BCUT2D eigenvalue weighted by molar-refractivity contribution is 7.92. The number of hydrogen-bond donors (Lipinski definition) is 1. The number of aryl methyl sites for hydroxylation is 1. The standard InChI is InChI=1S/C28H31ClN4O4S2/c1-5-32(6-2)15-16-33(28-30-26-19(3)17-21(29)18-25(26)38-28)27(34)20-7-9-22(10-8-20)31-39(35,36)24-13-11-23(37-4)12-14-24/h7-14,17-18,31H,5-6,15-16H2,1-4H3. The molecule has 0 spiro atoms. The lowest BCUT2D eigenvalue weighted by Crippen LogP contribution is -2.38. The highest BCUT2D eigenvalue weighted by Crippen LogP contribution is 2.34. The summed E-state index contributed by atoms with van der Waals surface area (Å²) in [6.07, 6.45) is 0. The van der Waals surface area contributed by atoms with E-state index in [2.05, 4.69) is 23.5 Å². The zero-order valence-corrected chi connectivity index (χ0v) is 24.7. The van der Waals surface area contributed by atoms with Gasteiger partial charge in [-0.25, -0.2) is 13.4 Å². The molecule has 0 aliphatic carbocycles. The zero-order valence-electron chi connectivity index (χ0n) is 22.3. The molecule has 1 N–H and O–H groups in total. The molecule has 1 heterocycles. The quantitative estimate of drug-likeness (QED) is 0.230. The van der Waals surface area contributed by atoms with Crippen molar-refractivity contribution >= 4 is 59.9 Å². The maximum Gasteiger partial charge on any atom is 0.261 e. The lowest BCUT2D eigenvalue weighted by Gasteiger charge is -2.24. The van der Waals surface area contributed by atoms with E-state index in [0.717, 1.165) is 28.9 Å². The fourth-order valence-corrected chi connectivity index (χ4v) is 6.63. The summed E-state index contributed by atoms with van der Waals surface area (Å²) in [5, 5.41) is 1.22. The van der Waals surface area contributed by atoms with Gasteiger partial charge in [0.25, 0.3) is 15.9 Å². The number of carbonyl (C=O) groups excluding carboxylic acids is 1. The largest absolute Gasteiger partial charge is 0.497 e. The van der Waals surface area contributed by atoms with Crippen LogP contribution in [0.5, 0.6) is 5.75 Å². The van der Waals surface area contributed by atoms with Crippen molar-refractivity contribution in [2.24, 2.45) is 0 Å². The van der Waals surface area contributed by atoms with Crippen LogP contribution >= 0.6 is 22.9 Å². The Hall–Kier alpha value is -3.18. The van der Waals surface area contributed by atoms with E-state index in [1.165, 1.54) is 30.6 Å². The number of thiazole rings is 1. The normalized spacial score (nSPS) is 11.6. The van der Waals surface area contributed by atoms with Crippen molar-refractivity contribution < 1.29 is 17.9 Å². The topological polar surface area (TPSA) is 91.8 Å². The van der Waals surface area contributed by atoms with Crippen LogP contribution in [0.3, 0.4) is 0 Å². The van der Waals surface area contributed by atoms with E-state index in [-0.39, 0.29) is 10.8 Å². The Kier molecular flexibility index (Phi) is 9.12. The van der Waals surface area contributed by atoms with Crippen LogP contribution in [-0.2, 0) is 10.0 Å². The second-order valence-corrected chi connectivity index (χ2v) is 12.0. The van der Waals surface area contributed by atoms with Crippen LogP contribution in [-0.4, -0.2) is 57.5 Å². The summed E-state index contributed by atoms with van der Waals surface area (Å²) < 4.78 is 34.2. The number of likely N-dealkylation sites (N-methyl/N-ethyl adjacent to an activating group) is 1. The second kappa shape index (κ2) is 12.3. The number of nitrogens with one attached hydrogen (secondary N) is 1. The third-order valence-electron chi connectivity index (χ3n) is 6.40. The van der Waals surface area contributed by atoms with Gasteiger partial charge in [0.15, 0.2) is 5.13 Å². The molecule has 8 nitrogen and oxygen atoms in total. The number of amides is 1. The number of aromatic nitrogens is 1. The number of halogens is 1. The highest BCUT2D eigenvalue weighted by atomic mass is 35.5. The molecule has 11 heteroatoms. The van der Waals surface area contributed by atoms with Crippen LogP contribution in [0.4, 0.5) is 10.8 Å². The SMILES string of the molecule is CCN(CC)CCN(C(=O)c1ccc(NS(=O)(=O)c2ccc(OC)cc2)cc1)c1nc2c(C)cc(Cl)cc2s1. The number of fused-ring (bicyclic) bond motifs is 1. The van der Waals surface area contributed by atoms with E-state index in [1.54, 1.807) is 41.3 Å². The molecule has 3 aromatic carbocycles. The Labute approximate surface area is 238 Å². The molecular weight excluding hydrogens is 556 g/mol. The minimum absolute atomic E-state index is 0.109. The number of anilines is 2. The van der Waals surface area contributed by atoms with Gasteiger partial charge >= 0.3 is 0 Å². The first-order valence-electron chi connectivity index (χ1n) is 12.5. The Bertz CT molecular complexity index is 1550. The van der Waals surface area contributed by atoms with Crippen molar-refractivity contribution in [3.8, 4) is 5.75 Å². The number of carbonyl (C=O) groups is 1. The summed E-state index contributed by atoms with van der Waals surface area (Å²) in [6, 6.07) is 16.2. The van der Waals surface area contributed by atoms with E-state index in [9.17, 15) is 13.2 Å². The molecule has 1 aromatic heterocycles. The van der Waals surface area contributed by atoms with Gasteiger partial charge in [0, 0.05) is 29.4 Å². The number of nitrogens with zero attached hydrogens (tertiary/aromatic N) is 3. The molecule has 1 amide bonds. The third kappa shape index (κ3) is 6.70. The van der Waals surface area contributed by atoms with Crippen molar-refractivity contribution in [3.63, 3.8) is 0 Å². The summed E-state index contributed by atoms with van der Waals surface area (Å²) in [5.74, 6) is 0.350. The first-order valence-corrected chi connectivity index (χ1v) is 15.2. The van der Waals surface area contributed by atoms with Gasteiger partial charge in [-0.05, 0) is 86.2 Å². The van der Waals surface area contributed by atoms with Crippen LogP contribution < -0.4 is 14.4 Å². The minimum Gasteiger partial charge on any atom is -0.497 e. The zero-order chi connectivity index (χ0) is 28.2. The number of rotatable bonds is 11. The molecule has 0 aliphatic heterocycles. The van der Waals surface area contributed by atoms with Gasteiger partial charge < -0.3 is 9.64 Å². The third-order valence-corrected chi connectivity index (χ3v) is 9.04. The average molecular weight is 587 g/mol. The fourth-order valence-electron chi connectivity index (χ4n) is 4.13. The van der Waals surface area contributed by atoms with Crippen LogP contribution in [0.2, 0.25) is 5.02 Å². The minimum atomic E-state index is -3.80.